The largest absolute Gasteiger partial charge is 0.465 e. The molecule has 6 heteroatoms. The summed E-state index contributed by atoms with van der Waals surface area (Å²) in [6, 6.07) is 3.55. The molecule has 0 amide bonds. The topological polar surface area (TPSA) is 55.0 Å². The van der Waals surface area contributed by atoms with Crippen LogP contribution >= 0.6 is 38.5 Å². The van der Waals surface area contributed by atoms with Crippen molar-refractivity contribution in [2.24, 2.45) is 0 Å². The van der Waals surface area contributed by atoms with Crippen LogP contribution in [0, 0.1) is 3.70 Å². The van der Waals surface area contributed by atoms with Crippen LogP contribution in [0.3, 0.4) is 0 Å². The van der Waals surface area contributed by atoms with E-state index in [0.717, 1.165) is 14.6 Å². The van der Waals surface area contributed by atoms with Crippen molar-refractivity contribution in [3.8, 4) is 0 Å². The first-order chi connectivity index (χ1) is 7.13. The Bertz CT molecular complexity index is 538. The zero-order valence-electron chi connectivity index (χ0n) is 7.67. The maximum Gasteiger partial charge on any atom is 0.339 e. The van der Waals surface area contributed by atoms with Crippen molar-refractivity contribution in [3.63, 3.8) is 0 Å². The minimum Gasteiger partial charge on any atom is -0.465 e. The maximum atomic E-state index is 11.4. The highest BCUT2D eigenvalue weighted by atomic mass is 127. The lowest BCUT2D eigenvalue weighted by atomic mass is 10.2. The van der Waals surface area contributed by atoms with E-state index in [1.165, 1.54) is 7.11 Å². The second-order valence-electron chi connectivity index (χ2n) is 2.88. The van der Waals surface area contributed by atoms with Gasteiger partial charge >= 0.3 is 5.97 Å². The SMILES string of the molecule is COC(=O)c1cc2n[nH]c(I)c2cc1Br. The van der Waals surface area contributed by atoms with Crippen LogP contribution in [0.1, 0.15) is 10.4 Å². The van der Waals surface area contributed by atoms with Crippen LogP contribution in [0.4, 0.5) is 0 Å². The van der Waals surface area contributed by atoms with E-state index < -0.39 is 0 Å². The van der Waals surface area contributed by atoms with E-state index in [4.69, 9.17) is 0 Å². The average Bonchev–Trinajstić information content (AvgIpc) is 2.58. The molecule has 0 aliphatic heterocycles. The number of fused-ring (bicyclic) bond motifs is 1. The van der Waals surface area contributed by atoms with E-state index >= 15 is 0 Å². The number of nitrogens with one attached hydrogen (secondary N) is 1. The molecule has 0 bridgehead atoms. The zero-order chi connectivity index (χ0) is 11.0. The van der Waals surface area contributed by atoms with Crippen molar-refractivity contribution >= 4 is 55.4 Å². The van der Waals surface area contributed by atoms with Crippen molar-refractivity contribution in [2.45, 2.75) is 0 Å². The minimum absolute atomic E-state index is 0.373. The van der Waals surface area contributed by atoms with Gasteiger partial charge in [-0.3, -0.25) is 5.10 Å². The van der Waals surface area contributed by atoms with E-state index in [1.54, 1.807) is 6.07 Å². The Hall–Kier alpha value is -0.630. The van der Waals surface area contributed by atoms with Crippen molar-refractivity contribution in [1.82, 2.24) is 10.2 Å². The standard InChI is InChI=1S/C9H6BrIN2O2/c1-15-9(14)4-3-7-5(2-6(4)10)8(11)13-12-7/h2-3H,1H3,(H,12,13). The number of benzene rings is 1. The summed E-state index contributed by atoms with van der Waals surface area (Å²) in [5, 5.41) is 7.91. The minimum atomic E-state index is -0.373. The summed E-state index contributed by atoms with van der Waals surface area (Å²) in [5.41, 5.74) is 1.23. The Morgan fingerprint density at radius 1 is 1.60 bits per heavy atom. The number of esters is 1. The molecule has 1 aromatic heterocycles. The molecule has 0 atom stereocenters. The first-order valence-electron chi connectivity index (χ1n) is 4.05. The molecular weight excluding hydrogens is 375 g/mol. The number of ether oxygens (including phenoxy) is 1. The van der Waals surface area contributed by atoms with Crippen molar-refractivity contribution in [3.05, 3.63) is 25.9 Å². The number of halogens is 2. The van der Waals surface area contributed by atoms with Gasteiger partial charge in [0.2, 0.25) is 0 Å². The van der Waals surface area contributed by atoms with E-state index in [9.17, 15) is 4.79 Å². The van der Waals surface area contributed by atoms with Crippen LogP contribution in [0.15, 0.2) is 16.6 Å². The van der Waals surface area contributed by atoms with Crippen LogP contribution in [0.5, 0.6) is 0 Å². The molecule has 0 aliphatic rings. The molecule has 1 heterocycles. The predicted octanol–water partition coefficient (Wildman–Crippen LogP) is 2.72. The van der Waals surface area contributed by atoms with Gasteiger partial charge in [0.1, 0.15) is 3.70 Å². The fraction of sp³-hybridized carbons (Fsp3) is 0.111. The first kappa shape index (κ1) is 10.9. The molecule has 0 spiro atoms. The molecule has 0 fully saturated rings. The van der Waals surface area contributed by atoms with Gasteiger partial charge < -0.3 is 4.74 Å². The van der Waals surface area contributed by atoms with Crippen LogP contribution in [0.25, 0.3) is 10.9 Å². The number of aromatic amines is 1. The Morgan fingerprint density at radius 2 is 2.33 bits per heavy atom. The lowest BCUT2D eigenvalue weighted by molar-refractivity contribution is 0.0600. The molecule has 1 N–H and O–H groups in total. The molecule has 78 valence electrons. The van der Waals surface area contributed by atoms with Gasteiger partial charge in [-0.15, -0.1) is 0 Å². The number of nitrogens with zero attached hydrogens (tertiary/aromatic N) is 1. The van der Waals surface area contributed by atoms with Crippen molar-refractivity contribution in [2.75, 3.05) is 7.11 Å². The number of carbonyl (C=O) groups excluding carboxylic acids is 1. The maximum absolute atomic E-state index is 11.4. The molecule has 0 saturated carbocycles. The molecular formula is C9H6BrIN2O2. The highest BCUT2D eigenvalue weighted by molar-refractivity contribution is 14.1. The Labute approximate surface area is 108 Å². The molecule has 2 aromatic rings. The molecule has 0 unspecified atom stereocenters. The van der Waals surface area contributed by atoms with Gasteiger partial charge in [-0.25, -0.2) is 4.79 Å². The third kappa shape index (κ3) is 1.87. The number of methoxy groups -OCH3 is 1. The summed E-state index contributed by atoms with van der Waals surface area (Å²) in [6.45, 7) is 0. The normalized spacial score (nSPS) is 10.6. The molecule has 0 aliphatic carbocycles. The molecule has 0 saturated heterocycles. The molecule has 15 heavy (non-hydrogen) atoms. The Morgan fingerprint density at radius 3 is 3.00 bits per heavy atom. The molecule has 2 rings (SSSR count). The third-order valence-electron chi connectivity index (χ3n) is 2.00. The second-order valence-corrected chi connectivity index (χ2v) is 4.81. The molecule has 0 radical (unpaired) electrons. The average molecular weight is 381 g/mol. The lowest BCUT2D eigenvalue weighted by Crippen LogP contribution is -2.02. The van der Waals surface area contributed by atoms with E-state index in [1.807, 2.05) is 6.07 Å². The van der Waals surface area contributed by atoms with E-state index in [0.29, 0.717) is 10.0 Å². The number of carbonyl (C=O) groups is 1. The van der Waals surface area contributed by atoms with Gasteiger partial charge in [-0.2, -0.15) is 5.10 Å². The summed E-state index contributed by atoms with van der Waals surface area (Å²) in [5.74, 6) is -0.373. The van der Waals surface area contributed by atoms with Gasteiger partial charge in [0.25, 0.3) is 0 Å². The lowest BCUT2D eigenvalue weighted by Gasteiger charge is -2.01. The van der Waals surface area contributed by atoms with Crippen molar-refractivity contribution in [1.29, 1.82) is 0 Å². The molecule has 1 aromatic carbocycles. The predicted molar refractivity (Wildman–Crippen MR) is 67.9 cm³/mol. The van der Waals surface area contributed by atoms with Gasteiger partial charge in [0, 0.05) is 9.86 Å². The number of aromatic nitrogens is 2. The summed E-state index contributed by atoms with van der Waals surface area (Å²) in [6.07, 6.45) is 0. The summed E-state index contributed by atoms with van der Waals surface area (Å²) >= 11 is 5.49. The fourth-order valence-corrected chi connectivity index (χ4v) is 2.32. The number of H-pyrrole nitrogens is 1. The van der Waals surface area contributed by atoms with Crippen LogP contribution < -0.4 is 0 Å². The summed E-state index contributed by atoms with van der Waals surface area (Å²) < 4.78 is 6.32. The number of hydrogen-bond donors (Lipinski definition) is 1. The van der Waals surface area contributed by atoms with Crippen LogP contribution in [-0.4, -0.2) is 23.3 Å². The number of hydrogen-bond acceptors (Lipinski definition) is 3. The van der Waals surface area contributed by atoms with E-state index in [-0.39, 0.29) is 5.97 Å². The highest BCUT2D eigenvalue weighted by Crippen LogP contribution is 2.26. The molecule has 4 nitrogen and oxygen atoms in total. The van der Waals surface area contributed by atoms with Crippen molar-refractivity contribution < 1.29 is 9.53 Å². The Kier molecular flexibility index (Phi) is 2.96. The monoisotopic (exact) mass is 380 g/mol. The second kappa shape index (κ2) is 4.09. The summed E-state index contributed by atoms with van der Waals surface area (Å²) in [4.78, 5) is 11.4. The zero-order valence-corrected chi connectivity index (χ0v) is 11.4. The third-order valence-corrected chi connectivity index (χ3v) is 3.48. The Balaban J connectivity index is 2.68. The summed E-state index contributed by atoms with van der Waals surface area (Å²) in [7, 11) is 1.35. The fourth-order valence-electron chi connectivity index (χ4n) is 1.27. The van der Waals surface area contributed by atoms with Gasteiger partial charge in [-0.1, -0.05) is 0 Å². The van der Waals surface area contributed by atoms with Gasteiger partial charge in [-0.05, 0) is 50.7 Å². The van der Waals surface area contributed by atoms with E-state index in [2.05, 4.69) is 53.5 Å². The first-order valence-corrected chi connectivity index (χ1v) is 5.92. The number of rotatable bonds is 1. The van der Waals surface area contributed by atoms with Gasteiger partial charge in [0.15, 0.2) is 0 Å². The quantitative estimate of drug-likeness (QED) is 0.611. The highest BCUT2D eigenvalue weighted by Gasteiger charge is 2.13. The van der Waals surface area contributed by atoms with Gasteiger partial charge in [0.05, 0.1) is 18.2 Å². The van der Waals surface area contributed by atoms with Crippen LogP contribution in [-0.2, 0) is 4.74 Å². The smallest absolute Gasteiger partial charge is 0.339 e. The van der Waals surface area contributed by atoms with Crippen LogP contribution in [0.2, 0.25) is 0 Å².